The fraction of sp³-hybridized carbons (Fsp3) is 0.700. The van der Waals surface area contributed by atoms with E-state index in [1.165, 1.54) is 25.9 Å². The van der Waals surface area contributed by atoms with E-state index in [2.05, 4.69) is 17.3 Å². The Hall–Kier alpha value is -0.610. The fourth-order valence-corrected chi connectivity index (χ4v) is 2.78. The largest absolute Gasteiger partial charge is 0.375 e. The molecule has 3 N–H and O–H groups in total. The second-order valence-electron chi connectivity index (χ2n) is 4.31. The van der Waals surface area contributed by atoms with Gasteiger partial charge in [0.25, 0.3) is 0 Å². The Kier molecular flexibility index (Phi) is 3.03. The van der Waals surface area contributed by atoms with Crippen LogP contribution < -0.4 is 10.6 Å². The summed E-state index contributed by atoms with van der Waals surface area (Å²) in [6.45, 7) is 5.98. The van der Waals surface area contributed by atoms with Crippen molar-refractivity contribution in [2.75, 3.05) is 18.8 Å². The quantitative estimate of drug-likeness (QED) is 0.751. The first-order valence-corrected chi connectivity index (χ1v) is 6.15. The van der Waals surface area contributed by atoms with Crippen molar-refractivity contribution >= 4 is 16.5 Å². The molecule has 0 radical (unpaired) electrons. The van der Waals surface area contributed by atoms with Gasteiger partial charge in [-0.1, -0.05) is 6.92 Å². The predicted molar refractivity (Wildman–Crippen MR) is 59.3 cm³/mol. The maximum Gasteiger partial charge on any atom is 0.180 e. The van der Waals surface area contributed by atoms with Gasteiger partial charge in [-0.15, -0.1) is 11.3 Å². The average Bonchev–Trinajstić information content (AvgIpc) is 2.51. The summed E-state index contributed by atoms with van der Waals surface area (Å²) in [4.78, 5) is 5.97. The van der Waals surface area contributed by atoms with Gasteiger partial charge in [-0.05, 0) is 12.8 Å². The van der Waals surface area contributed by atoms with Crippen molar-refractivity contribution in [3.05, 3.63) is 11.1 Å². The molecule has 3 nitrogen and oxygen atoms in total. The molecule has 0 saturated carbocycles. The van der Waals surface area contributed by atoms with Gasteiger partial charge >= 0.3 is 0 Å². The van der Waals surface area contributed by atoms with Crippen molar-refractivity contribution in [3.8, 4) is 0 Å². The van der Waals surface area contributed by atoms with Crippen LogP contribution in [0.2, 0.25) is 0 Å². The number of nitrogens with two attached hydrogens (primary N) is 1. The zero-order chi connectivity index (χ0) is 9.97. The Morgan fingerprint density at radius 2 is 2.57 bits per heavy atom. The zero-order valence-electron chi connectivity index (χ0n) is 8.62. The van der Waals surface area contributed by atoms with Gasteiger partial charge in [0.2, 0.25) is 0 Å². The van der Waals surface area contributed by atoms with Crippen LogP contribution in [0.5, 0.6) is 0 Å². The topological polar surface area (TPSA) is 43.4 Å². The highest BCUT2D eigenvalue weighted by molar-refractivity contribution is 7.13. The third-order valence-electron chi connectivity index (χ3n) is 2.87. The molecule has 2 atom stereocenters. The number of nitrogens with zero attached hydrogens (tertiary/aromatic N) is 1. The van der Waals surface area contributed by atoms with Gasteiger partial charge in [0.15, 0.2) is 5.13 Å². The lowest BCUT2D eigenvalue weighted by Gasteiger charge is -2.27. The van der Waals surface area contributed by atoms with Crippen LogP contribution in [0.4, 0.5) is 5.13 Å². The van der Waals surface area contributed by atoms with Crippen molar-refractivity contribution in [1.82, 2.24) is 4.98 Å². The molecular formula is C10H18N3S+. The van der Waals surface area contributed by atoms with E-state index in [0.717, 1.165) is 18.2 Å². The molecule has 0 aliphatic carbocycles. The van der Waals surface area contributed by atoms with E-state index in [1.54, 1.807) is 16.2 Å². The van der Waals surface area contributed by atoms with Gasteiger partial charge in [-0.3, -0.25) is 0 Å². The Morgan fingerprint density at radius 1 is 1.71 bits per heavy atom. The summed E-state index contributed by atoms with van der Waals surface area (Å²) in [6, 6.07) is 0. The smallest absolute Gasteiger partial charge is 0.180 e. The number of rotatable bonds is 2. The van der Waals surface area contributed by atoms with Gasteiger partial charge in [0, 0.05) is 11.3 Å². The Balaban J connectivity index is 1.90. The predicted octanol–water partition coefficient (Wildman–Crippen LogP) is 0.540. The Labute approximate surface area is 88.9 Å². The van der Waals surface area contributed by atoms with Crippen LogP contribution in [0.25, 0.3) is 0 Å². The lowest BCUT2D eigenvalue weighted by Crippen LogP contribution is -3.12. The van der Waals surface area contributed by atoms with Crippen LogP contribution in [0.15, 0.2) is 5.38 Å². The molecule has 1 aromatic heterocycles. The molecule has 1 aromatic rings. The number of nitrogens with one attached hydrogen (secondary N) is 1. The molecule has 1 saturated heterocycles. The van der Waals surface area contributed by atoms with Crippen molar-refractivity contribution in [3.63, 3.8) is 0 Å². The minimum absolute atomic E-state index is 0.699. The molecule has 1 aliphatic rings. The Morgan fingerprint density at radius 3 is 3.21 bits per heavy atom. The molecule has 2 rings (SSSR count). The van der Waals surface area contributed by atoms with Gasteiger partial charge in [-0.2, -0.15) is 0 Å². The lowest BCUT2D eigenvalue weighted by atomic mass is 10.0. The molecule has 14 heavy (non-hydrogen) atoms. The van der Waals surface area contributed by atoms with Crippen molar-refractivity contribution in [1.29, 1.82) is 0 Å². The zero-order valence-corrected chi connectivity index (χ0v) is 9.44. The molecule has 1 fully saturated rings. The number of nitrogen functional groups attached to an aromatic ring is 1. The first-order chi connectivity index (χ1) is 6.74. The van der Waals surface area contributed by atoms with Gasteiger partial charge < -0.3 is 10.6 Å². The molecule has 1 unspecified atom stereocenters. The number of piperidine rings is 1. The van der Waals surface area contributed by atoms with Crippen molar-refractivity contribution < 1.29 is 4.90 Å². The fourth-order valence-electron chi connectivity index (χ4n) is 2.22. The summed E-state index contributed by atoms with van der Waals surface area (Å²) < 4.78 is 0. The van der Waals surface area contributed by atoms with E-state index in [0.29, 0.717) is 5.13 Å². The lowest BCUT2D eigenvalue weighted by molar-refractivity contribution is -0.922. The summed E-state index contributed by atoms with van der Waals surface area (Å²) in [5.41, 5.74) is 6.77. The van der Waals surface area contributed by atoms with Gasteiger partial charge in [0.05, 0.1) is 13.1 Å². The highest BCUT2D eigenvalue weighted by Crippen LogP contribution is 2.10. The van der Waals surface area contributed by atoms with E-state index in [4.69, 9.17) is 5.73 Å². The van der Waals surface area contributed by atoms with Crippen LogP contribution in [0, 0.1) is 5.92 Å². The SMILES string of the molecule is C[C@H]1CCC[NH+](Cc2csc(N)n2)C1. The van der Waals surface area contributed by atoms with Crippen LogP contribution in [0.1, 0.15) is 25.5 Å². The highest BCUT2D eigenvalue weighted by atomic mass is 32.1. The van der Waals surface area contributed by atoms with Gasteiger partial charge in [-0.25, -0.2) is 4.98 Å². The van der Waals surface area contributed by atoms with E-state index in [1.807, 2.05) is 0 Å². The number of quaternary nitrogens is 1. The Bertz CT molecular complexity index is 297. The summed E-state index contributed by atoms with van der Waals surface area (Å²) in [7, 11) is 0. The van der Waals surface area contributed by atoms with Crippen LogP contribution >= 0.6 is 11.3 Å². The molecule has 0 aromatic carbocycles. The van der Waals surface area contributed by atoms with Gasteiger partial charge in [0.1, 0.15) is 12.2 Å². The van der Waals surface area contributed by atoms with E-state index in [-0.39, 0.29) is 0 Å². The van der Waals surface area contributed by atoms with Crippen LogP contribution in [-0.2, 0) is 6.54 Å². The summed E-state index contributed by atoms with van der Waals surface area (Å²) in [6.07, 6.45) is 2.75. The first kappa shape index (κ1) is 9.93. The molecule has 0 bridgehead atoms. The molecule has 78 valence electrons. The summed E-state index contributed by atoms with van der Waals surface area (Å²) in [5, 5.41) is 2.78. The van der Waals surface area contributed by atoms with Crippen molar-refractivity contribution in [2.45, 2.75) is 26.3 Å². The molecule has 2 heterocycles. The minimum atomic E-state index is 0.699. The minimum Gasteiger partial charge on any atom is -0.375 e. The summed E-state index contributed by atoms with van der Waals surface area (Å²) >= 11 is 1.55. The molecule has 0 spiro atoms. The molecule has 1 aliphatic heterocycles. The number of aromatic nitrogens is 1. The monoisotopic (exact) mass is 212 g/mol. The second kappa shape index (κ2) is 4.28. The number of anilines is 1. The van der Waals surface area contributed by atoms with Crippen molar-refractivity contribution in [2.24, 2.45) is 5.92 Å². The molecule has 4 heteroatoms. The average molecular weight is 212 g/mol. The summed E-state index contributed by atoms with van der Waals surface area (Å²) in [5.74, 6) is 0.870. The number of thiazole rings is 1. The number of hydrogen-bond donors (Lipinski definition) is 2. The van der Waals surface area contributed by atoms with E-state index >= 15 is 0 Å². The standard InChI is InChI=1S/C10H17N3S/c1-8-3-2-4-13(5-8)6-9-7-14-10(11)12-9/h7-8H,2-6H2,1H3,(H2,11,12)/p+1/t8-/m0/s1. The number of likely N-dealkylation sites (tertiary alicyclic amines) is 1. The van der Waals surface area contributed by atoms with E-state index in [9.17, 15) is 0 Å². The third kappa shape index (κ3) is 2.45. The normalized spacial score (nSPS) is 27.8. The van der Waals surface area contributed by atoms with Crippen LogP contribution in [0.3, 0.4) is 0 Å². The van der Waals surface area contributed by atoms with E-state index < -0.39 is 0 Å². The first-order valence-electron chi connectivity index (χ1n) is 5.27. The maximum atomic E-state index is 5.61. The molecule has 0 amide bonds. The highest BCUT2D eigenvalue weighted by Gasteiger charge is 2.20. The maximum absolute atomic E-state index is 5.61. The number of hydrogen-bond acceptors (Lipinski definition) is 3. The third-order valence-corrected chi connectivity index (χ3v) is 3.59. The molecular weight excluding hydrogens is 194 g/mol. The second-order valence-corrected chi connectivity index (χ2v) is 5.20. The van der Waals surface area contributed by atoms with Crippen LogP contribution in [-0.4, -0.2) is 18.1 Å².